The average Bonchev–Trinajstić information content (AvgIpc) is 2.57. The zero-order chi connectivity index (χ0) is 12.6. The van der Waals surface area contributed by atoms with Crippen molar-refractivity contribution >= 4 is 0 Å². The van der Waals surface area contributed by atoms with Gasteiger partial charge in [0.1, 0.15) is 24.5 Å². The van der Waals surface area contributed by atoms with Gasteiger partial charge in [0.25, 0.3) is 5.56 Å². The maximum absolute atomic E-state index is 11.4. The Morgan fingerprint density at radius 1 is 1.41 bits per heavy atom. The number of ether oxygens (including phenoxy) is 1. The lowest BCUT2D eigenvalue weighted by molar-refractivity contribution is -0.0618. The van der Waals surface area contributed by atoms with E-state index in [0.29, 0.717) is 4.68 Å². The molecule has 0 bridgehead atoms. The van der Waals surface area contributed by atoms with Crippen molar-refractivity contribution in [1.29, 1.82) is 0 Å². The fourth-order valence-electron chi connectivity index (χ4n) is 1.63. The molecule has 9 heteroatoms. The summed E-state index contributed by atoms with van der Waals surface area (Å²) in [5.74, 6) is 0. The molecular formula is C8H11N3O6. The first-order valence-corrected chi connectivity index (χ1v) is 4.85. The monoisotopic (exact) mass is 245 g/mol. The highest BCUT2D eigenvalue weighted by molar-refractivity contribution is 4.88. The van der Waals surface area contributed by atoms with Gasteiger partial charge in [0.2, 0.25) is 0 Å². The second-order valence-corrected chi connectivity index (χ2v) is 3.61. The summed E-state index contributed by atoms with van der Waals surface area (Å²) in [5.41, 5.74) is -1.55. The van der Waals surface area contributed by atoms with Crippen LogP contribution in [-0.4, -0.2) is 55.0 Å². The lowest BCUT2D eigenvalue weighted by atomic mass is 10.1. The van der Waals surface area contributed by atoms with Crippen LogP contribution in [0.2, 0.25) is 0 Å². The van der Waals surface area contributed by atoms with Crippen LogP contribution in [-0.2, 0) is 4.74 Å². The van der Waals surface area contributed by atoms with Gasteiger partial charge in [0.15, 0.2) is 6.23 Å². The van der Waals surface area contributed by atoms with Gasteiger partial charge in [-0.25, -0.2) is 4.79 Å². The molecule has 17 heavy (non-hydrogen) atoms. The van der Waals surface area contributed by atoms with Crippen molar-refractivity contribution in [3.8, 4) is 0 Å². The first-order chi connectivity index (χ1) is 8.04. The van der Waals surface area contributed by atoms with Gasteiger partial charge in [-0.2, -0.15) is 9.78 Å². The van der Waals surface area contributed by atoms with E-state index in [1.54, 1.807) is 0 Å². The normalized spacial score (nSPS) is 32.9. The standard InChI is InChI=1S/C8H11N3O6/c12-2-3-5(14)6(15)7(17-3)11-8(16)10-4(13)1-9-11/h1,3,5-7,12,14-15H,2H2,(H,10,13,16)/t3-,5?,6+,7-/m1/s1. The van der Waals surface area contributed by atoms with Gasteiger partial charge < -0.3 is 20.1 Å². The number of H-pyrrole nitrogens is 1. The lowest BCUT2D eigenvalue weighted by Crippen LogP contribution is -2.39. The number of nitrogens with zero attached hydrogens (tertiary/aromatic N) is 2. The van der Waals surface area contributed by atoms with Crippen molar-refractivity contribution in [1.82, 2.24) is 14.8 Å². The summed E-state index contributed by atoms with van der Waals surface area (Å²) in [6.45, 7) is -0.507. The van der Waals surface area contributed by atoms with Gasteiger partial charge in [-0.1, -0.05) is 0 Å². The van der Waals surface area contributed by atoms with Crippen molar-refractivity contribution in [2.45, 2.75) is 24.5 Å². The number of aromatic nitrogens is 3. The van der Waals surface area contributed by atoms with Crippen molar-refractivity contribution in [3.05, 3.63) is 27.0 Å². The van der Waals surface area contributed by atoms with Crippen LogP contribution in [0.15, 0.2) is 15.8 Å². The molecule has 9 nitrogen and oxygen atoms in total. The zero-order valence-corrected chi connectivity index (χ0v) is 8.55. The number of rotatable bonds is 2. The predicted molar refractivity (Wildman–Crippen MR) is 52.1 cm³/mol. The highest BCUT2D eigenvalue weighted by Gasteiger charge is 2.44. The molecule has 1 aromatic rings. The highest BCUT2D eigenvalue weighted by Crippen LogP contribution is 2.27. The first-order valence-electron chi connectivity index (χ1n) is 4.85. The van der Waals surface area contributed by atoms with E-state index in [1.165, 1.54) is 0 Å². The fourth-order valence-corrected chi connectivity index (χ4v) is 1.63. The molecule has 1 unspecified atom stereocenters. The molecule has 4 N–H and O–H groups in total. The number of hydrogen-bond donors (Lipinski definition) is 4. The van der Waals surface area contributed by atoms with Gasteiger partial charge in [-0.15, -0.1) is 0 Å². The first kappa shape index (κ1) is 11.9. The second kappa shape index (κ2) is 4.37. The van der Waals surface area contributed by atoms with E-state index < -0.39 is 42.4 Å². The topological polar surface area (TPSA) is 138 Å². The maximum atomic E-state index is 11.4. The smallest absolute Gasteiger partial charge is 0.347 e. The van der Waals surface area contributed by atoms with Gasteiger partial charge in [-0.3, -0.25) is 9.78 Å². The van der Waals surface area contributed by atoms with Crippen molar-refractivity contribution in [3.63, 3.8) is 0 Å². The molecule has 0 amide bonds. The molecule has 0 spiro atoms. The van der Waals surface area contributed by atoms with Crippen molar-refractivity contribution in [2.24, 2.45) is 0 Å². The Hall–Kier alpha value is -1.55. The Labute approximate surface area is 93.9 Å². The Balaban J connectivity index is 2.35. The minimum Gasteiger partial charge on any atom is -0.394 e. The van der Waals surface area contributed by atoms with Crippen LogP contribution in [0.4, 0.5) is 0 Å². The largest absolute Gasteiger partial charge is 0.394 e. The third-order valence-corrected chi connectivity index (χ3v) is 2.50. The minimum absolute atomic E-state index is 0.507. The van der Waals surface area contributed by atoms with Crippen LogP contribution in [0, 0.1) is 0 Å². The number of hydrogen-bond acceptors (Lipinski definition) is 7. The molecule has 94 valence electrons. The molecule has 1 fully saturated rings. The van der Waals surface area contributed by atoms with Crippen molar-refractivity contribution < 1.29 is 20.1 Å². The average molecular weight is 245 g/mol. The Morgan fingerprint density at radius 3 is 2.65 bits per heavy atom. The SMILES string of the molecule is O=c1cnn([C@@H]2O[C@H](CO)C(O)[C@@H]2O)c(=O)[nH]1. The van der Waals surface area contributed by atoms with E-state index in [-0.39, 0.29) is 0 Å². The van der Waals surface area contributed by atoms with E-state index in [4.69, 9.17) is 9.84 Å². The summed E-state index contributed by atoms with van der Waals surface area (Å²) in [6.07, 6.45) is -4.15. The summed E-state index contributed by atoms with van der Waals surface area (Å²) < 4.78 is 5.77. The molecule has 0 saturated carbocycles. The molecule has 0 aliphatic carbocycles. The van der Waals surface area contributed by atoms with E-state index >= 15 is 0 Å². The maximum Gasteiger partial charge on any atom is 0.347 e. The van der Waals surface area contributed by atoms with E-state index in [0.717, 1.165) is 6.20 Å². The van der Waals surface area contributed by atoms with E-state index in [2.05, 4.69) is 5.10 Å². The molecule has 0 radical (unpaired) electrons. The zero-order valence-electron chi connectivity index (χ0n) is 8.55. The van der Waals surface area contributed by atoms with Crippen LogP contribution in [0.25, 0.3) is 0 Å². The lowest BCUT2D eigenvalue weighted by Gasteiger charge is -2.14. The molecule has 4 atom stereocenters. The summed E-state index contributed by atoms with van der Waals surface area (Å²) in [6, 6.07) is 0. The Kier molecular flexibility index (Phi) is 3.07. The van der Waals surface area contributed by atoms with Crippen LogP contribution < -0.4 is 11.2 Å². The molecule has 1 aliphatic rings. The number of nitrogens with one attached hydrogen (secondary N) is 1. The van der Waals surface area contributed by atoms with Crippen LogP contribution >= 0.6 is 0 Å². The minimum atomic E-state index is -1.41. The number of aromatic amines is 1. The molecule has 1 aliphatic heterocycles. The Bertz CT molecular complexity index is 510. The summed E-state index contributed by atoms with van der Waals surface area (Å²) in [4.78, 5) is 24.1. The predicted octanol–water partition coefficient (Wildman–Crippen LogP) is -3.46. The summed E-state index contributed by atoms with van der Waals surface area (Å²) in [7, 11) is 0. The van der Waals surface area contributed by atoms with Gasteiger partial charge in [-0.05, 0) is 0 Å². The molecule has 2 rings (SSSR count). The van der Waals surface area contributed by atoms with Gasteiger partial charge in [0.05, 0.1) is 6.61 Å². The van der Waals surface area contributed by atoms with E-state index in [1.807, 2.05) is 4.98 Å². The molecule has 0 aromatic carbocycles. The van der Waals surface area contributed by atoms with Crippen molar-refractivity contribution in [2.75, 3.05) is 6.61 Å². The summed E-state index contributed by atoms with van der Waals surface area (Å²) >= 11 is 0. The third-order valence-electron chi connectivity index (χ3n) is 2.50. The van der Waals surface area contributed by atoms with Crippen LogP contribution in [0.5, 0.6) is 0 Å². The highest BCUT2D eigenvalue weighted by atomic mass is 16.6. The molecule has 1 saturated heterocycles. The quantitative estimate of drug-likeness (QED) is 0.425. The Morgan fingerprint density at radius 2 is 2.12 bits per heavy atom. The van der Waals surface area contributed by atoms with Gasteiger partial charge >= 0.3 is 5.69 Å². The molecule has 2 heterocycles. The summed E-state index contributed by atoms with van der Waals surface area (Å²) in [5, 5.41) is 31.5. The van der Waals surface area contributed by atoms with Crippen LogP contribution in [0.3, 0.4) is 0 Å². The van der Waals surface area contributed by atoms with E-state index in [9.17, 15) is 19.8 Å². The van der Waals surface area contributed by atoms with Gasteiger partial charge in [0, 0.05) is 0 Å². The molecular weight excluding hydrogens is 234 g/mol. The van der Waals surface area contributed by atoms with Crippen LogP contribution in [0.1, 0.15) is 6.23 Å². The fraction of sp³-hybridized carbons (Fsp3) is 0.625. The number of aliphatic hydroxyl groups excluding tert-OH is 3. The number of aliphatic hydroxyl groups is 3. The third kappa shape index (κ3) is 2.00. The second-order valence-electron chi connectivity index (χ2n) is 3.61. The molecule has 1 aromatic heterocycles.